The van der Waals surface area contributed by atoms with Gasteiger partial charge in [0.1, 0.15) is 0 Å². The Kier molecular flexibility index (Phi) is 6.54. The number of hydrogen-bond acceptors (Lipinski definition) is 2. The molecule has 3 N–H and O–H groups in total. The fourth-order valence-electron chi connectivity index (χ4n) is 1.93. The Labute approximate surface area is 128 Å². The van der Waals surface area contributed by atoms with Gasteiger partial charge in [-0.25, -0.2) is 0 Å². The fourth-order valence-corrected chi connectivity index (χ4v) is 1.93. The molecule has 112 valence electrons. The minimum atomic E-state index is 0.681. The van der Waals surface area contributed by atoms with Crippen LogP contribution in [-0.2, 0) is 0 Å². The average molecular weight is 282 g/mol. The van der Waals surface area contributed by atoms with Crippen LogP contribution in [-0.4, -0.2) is 6.54 Å². The predicted molar refractivity (Wildman–Crippen MR) is 96.4 cm³/mol. The molecule has 0 aliphatic rings. The lowest BCUT2D eigenvalue weighted by molar-refractivity contribution is 1.22. The molecule has 2 heteroatoms. The summed E-state index contributed by atoms with van der Waals surface area (Å²) in [6.07, 6.45) is 6.98. The van der Waals surface area contributed by atoms with E-state index in [1.165, 1.54) is 5.57 Å². The maximum Gasteiger partial charge on any atom is 0.0439 e. The van der Waals surface area contributed by atoms with Crippen molar-refractivity contribution in [2.45, 2.75) is 27.2 Å². The van der Waals surface area contributed by atoms with Gasteiger partial charge in [-0.3, -0.25) is 0 Å². The molecule has 0 spiro atoms. The number of hydrogen-bond donors (Lipinski definition) is 2. The number of rotatable bonds is 7. The second-order valence-electron chi connectivity index (χ2n) is 5.34. The molecular weight excluding hydrogens is 256 g/mol. The summed E-state index contributed by atoms with van der Waals surface area (Å²) in [4.78, 5) is 0. The van der Waals surface area contributed by atoms with Gasteiger partial charge >= 0.3 is 0 Å². The number of allylic oxidation sites excluding steroid dienone is 4. The third kappa shape index (κ3) is 5.35. The lowest BCUT2D eigenvalue weighted by atomic mass is 10.0. The Morgan fingerprint density at radius 2 is 2.00 bits per heavy atom. The Bertz CT molecular complexity index is 573. The largest absolute Gasteiger partial charge is 0.398 e. The zero-order valence-corrected chi connectivity index (χ0v) is 13.4. The van der Waals surface area contributed by atoms with Crippen LogP contribution in [0, 0.1) is 0 Å². The van der Waals surface area contributed by atoms with E-state index in [0.29, 0.717) is 6.54 Å². The minimum Gasteiger partial charge on any atom is -0.398 e. The molecule has 0 fully saturated rings. The molecule has 0 saturated heterocycles. The van der Waals surface area contributed by atoms with Crippen LogP contribution in [0.3, 0.4) is 0 Å². The van der Waals surface area contributed by atoms with E-state index in [1.54, 1.807) is 0 Å². The van der Waals surface area contributed by atoms with Crippen LogP contribution in [0.15, 0.2) is 60.7 Å². The van der Waals surface area contributed by atoms with E-state index in [-0.39, 0.29) is 0 Å². The molecule has 1 rings (SSSR count). The monoisotopic (exact) mass is 282 g/mol. The summed E-state index contributed by atoms with van der Waals surface area (Å²) >= 11 is 0. The minimum absolute atomic E-state index is 0.681. The Morgan fingerprint density at radius 1 is 1.29 bits per heavy atom. The van der Waals surface area contributed by atoms with Crippen molar-refractivity contribution in [3.63, 3.8) is 0 Å². The van der Waals surface area contributed by atoms with E-state index in [2.05, 4.69) is 45.3 Å². The second-order valence-corrected chi connectivity index (χ2v) is 5.34. The van der Waals surface area contributed by atoms with Gasteiger partial charge in [0, 0.05) is 23.5 Å². The molecule has 0 unspecified atom stereocenters. The van der Waals surface area contributed by atoms with Gasteiger partial charge in [-0.05, 0) is 43.5 Å². The standard InChI is InChI=1S/C19H26N2/c1-6-16(5)19-17(20)11-8-12-18(19)21-13-15(4)10-7-9-14(2)3/h7-12,21H,4-6,13,20H2,1-3H3. The summed E-state index contributed by atoms with van der Waals surface area (Å²) in [5.74, 6) is 0. The summed E-state index contributed by atoms with van der Waals surface area (Å²) in [5.41, 5.74) is 12.2. The van der Waals surface area contributed by atoms with Crippen molar-refractivity contribution < 1.29 is 0 Å². The highest BCUT2D eigenvalue weighted by atomic mass is 14.9. The number of nitrogen functional groups attached to an aromatic ring is 1. The summed E-state index contributed by atoms with van der Waals surface area (Å²) in [7, 11) is 0. The molecule has 0 radical (unpaired) electrons. The number of anilines is 2. The van der Waals surface area contributed by atoms with Crippen LogP contribution in [0.1, 0.15) is 32.8 Å². The van der Waals surface area contributed by atoms with Crippen molar-refractivity contribution in [2.75, 3.05) is 17.6 Å². The molecule has 0 aromatic heterocycles. The molecule has 0 bridgehead atoms. The highest BCUT2D eigenvalue weighted by Crippen LogP contribution is 2.30. The maximum atomic E-state index is 6.07. The van der Waals surface area contributed by atoms with E-state index in [0.717, 1.165) is 34.5 Å². The average Bonchev–Trinajstić information content (AvgIpc) is 2.44. The maximum absolute atomic E-state index is 6.07. The van der Waals surface area contributed by atoms with Gasteiger partial charge in [0.15, 0.2) is 0 Å². The molecule has 0 saturated carbocycles. The van der Waals surface area contributed by atoms with Gasteiger partial charge < -0.3 is 11.1 Å². The normalized spacial score (nSPS) is 10.4. The Morgan fingerprint density at radius 3 is 2.62 bits per heavy atom. The topological polar surface area (TPSA) is 38.0 Å². The van der Waals surface area contributed by atoms with Gasteiger partial charge in [0.25, 0.3) is 0 Å². The number of nitrogens with two attached hydrogens (primary N) is 1. The SMILES string of the molecule is C=C(C=CC=C(C)C)CNc1cccc(N)c1C(=C)CC. The van der Waals surface area contributed by atoms with Gasteiger partial charge in [0.05, 0.1) is 0 Å². The lowest BCUT2D eigenvalue weighted by Crippen LogP contribution is -2.06. The first-order valence-corrected chi connectivity index (χ1v) is 7.25. The lowest BCUT2D eigenvalue weighted by Gasteiger charge is -2.15. The van der Waals surface area contributed by atoms with Gasteiger partial charge in [-0.2, -0.15) is 0 Å². The molecule has 0 heterocycles. The van der Waals surface area contributed by atoms with Crippen LogP contribution >= 0.6 is 0 Å². The zero-order valence-electron chi connectivity index (χ0n) is 13.4. The molecule has 1 aromatic rings. The van der Waals surface area contributed by atoms with Gasteiger partial charge in [-0.15, -0.1) is 0 Å². The predicted octanol–water partition coefficient (Wildman–Crippen LogP) is 5.18. The molecule has 1 aromatic carbocycles. The van der Waals surface area contributed by atoms with Crippen LogP contribution < -0.4 is 11.1 Å². The van der Waals surface area contributed by atoms with Crippen molar-refractivity contribution in [3.05, 3.63) is 66.3 Å². The van der Waals surface area contributed by atoms with E-state index >= 15 is 0 Å². The van der Waals surface area contributed by atoms with Crippen LogP contribution in [0.2, 0.25) is 0 Å². The fraction of sp³-hybridized carbons (Fsp3) is 0.263. The van der Waals surface area contributed by atoms with Crippen molar-refractivity contribution in [1.82, 2.24) is 0 Å². The first-order chi connectivity index (χ1) is 9.95. The molecule has 0 aliphatic heterocycles. The molecule has 2 nitrogen and oxygen atoms in total. The van der Waals surface area contributed by atoms with Crippen LogP contribution in [0.5, 0.6) is 0 Å². The smallest absolute Gasteiger partial charge is 0.0439 e. The first kappa shape index (κ1) is 16.8. The van der Waals surface area contributed by atoms with Gasteiger partial charge in [-0.1, -0.05) is 49.9 Å². The van der Waals surface area contributed by atoms with E-state index in [4.69, 9.17) is 5.73 Å². The Hall–Kier alpha value is -2.22. The van der Waals surface area contributed by atoms with Crippen LogP contribution in [0.4, 0.5) is 11.4 Å². The molecule has 0 amide bonds. The number of benzene rings is 1. The molecule has 21 heavy (non-hydrogen) atoms. The summed E-state index contributed by atoms with van der Waals surface area (Å²) in [6, 6.07) is 5.89. The summed E-state index contributed by atoms with van der Waals surface area (Å²) in [5, 5.41) is 3.39. The third-order valence-corrected chi connectivity index (χ3v) is 3.14. The highest BCUT2D eigenvalue weighted by Gasteiger charge is 2.08. The van der Waals surface area contributed by atoms with Crippen molar-refractivity contribution in [3.8, 4) is 0 Å². The molecular formula is C19H26N2. The van der Waals surface area contributed by atoms with Crippen molar-refractivity contribution >= 4 is 16.9 Å². The summed E-state index contributed by atoms with van der Waals surface area (Å²) in [6.45, 7) is 15.1. The third-order valence-electron chi connectivity index (χ3n) is 3.14. The van der Waals surface area contributed by atoms with Crippen molar-refractivity contribution in [1.29, 1.82) is 0 Å². The second kappa shape index (κ2) is 8.15. The number of nitrogens with one attached hydrogen (secondary N) is 1. The van der Waals surface area contributed by atoms with E-state index in [9.17, 15) is 0 Å². The Balaban J connectivity index is 2.78. The highest BCUT2D eigenvalue weighted by molar-refractivity contribution is 5.83. The van der Waals surface area contributed by atoms with Crippen molar-refractivity contribution in [2.24, 2.45) is 0 Å². The van der Waals surface area contributed by atoms with E-state index < -0.39 is 0 Å². The molecule has 0 atom stereocenters. The zero-order chi connectivity index (χ0) is 15.8. The van der Waals surface area contributed by atoms with E-state index in [1.807, 2.05) is 30.4 Å². The quantitative estimate of drug-likeness (QED) is 0.534. The van der Waals surface area contributed by atoms with Gasteiger partial charge in [0.2, 0.25) is 0 Å². The first-order valence-electron chi connectivity index (χ1n) is 7.25. The molecule has 0 aliphatic carbocycles. The summed E-state index contributed by atoms with van der Waals surface area (Å²) < 4.78 is 0. The van der Waals surface area contributed by atoms with Crippen LogP contribution in [0.25, 0.3) is 5.57 Å².